The van der Waals surface area contributed by atoms with Gasteiger partial charge in [0.15, 0.2) is 22.4 Å². The number of hydrogen-bond acceptors (Lipinski definition) is 2. The van der Waals surface area contributed by atoms with E-state index < -0.39 is 22.4 Å². The summed E-state index contributed by atoms with van der Waals surface area (Å²) < 4.78 is 30.7. The van der Waals surface area contributed by atoms with Crippen molar-refractivity contribution in [2.24, 2.45) is 0 Å². The minimum Gasteiger partial charge on any atom is -0.309 e. The first-order valence-corrected chi connectivity index (χ1v) is 23.5. The van der Waals surface area contributed by atoms with E-state index in [1.807, 2.05) is 121 Å². The molecule has 258 valence electrons. The summed E-state index contributed by atoms with van der Waals surface area (Å²) in [6.07, 6.45) is 8.68. The van der Waals surface area contributed by atoms with E-state index in [9.17, 15) is 0 Å². The van der Waals surface area contributed by atoms with E-state index in [0.717, 1.165) is 44.7 Å². The van der Waals surface area contributed by atoms with Gasteiger partial charge in [0.2, 0.25) is 0 Å². The lowest BCUT2D eigenvalue weighted by atomic mass is 10.2. The summed E-state index contributed by atoms with van der Waals surface area (Å²) in [5.74, 6) is 0. The molecule has 0 heterocycles. The maximum absolute atomic E-state index is 15.4. The predicted octanol–water partition coefficient (Wildman–Crippen LogP) is 7.25. The van der Waals surface area contributed by atoms with Gasteiger partial charge < -0.3 is 9.13 Å². The second-order valence-electron chi connectivity index (χ2n) is 13.4. The molecular formula is C48H40O2P2Si. The first kappa shape index (κ1) is 34.8. The number of rotatable bonds is 10. The van der Waals surface area contributed by atoms with Gasteiger partial charge in [-0.25, -0.2) is 0 Å². The van der Waals surface area contributed by atoms with Crippen LogP contribution in [0.2, 0.25) is 0 Å². The summed E-state index contributed by atoms with van der Waals surface area (Å²) >= 11 is 0. The summed E-state index contributed by atoms with van der Waals surface area (Å²) in [4.78, 5) is 0. The van der Waals surface area contributed by atoms with Gasteiger partial charge in [-0.1, -0.05) is 224 Å². The van der Waals surface area contributed by atoms with Crippen LogP contribution in [0, 0.1) is 0 Å². The van der Waals surface area contributed by atoms with Gasteiger partial charge in [-0.2, -0.15) is 0 Å². The van der Waals surface area contributed by atoms with E-state index in [1.54, 1.807) is 0 Å². The van der Waals surface area contributed by atoms with E-state index in [0.29, 0.717) is 0 Å². The maximum atomic E-state index is 15.4. The molecule has 1 aliphatic carbocycles. The second kappa shape index (κ2) is 15.0. The third kappa shape index (κ3) is 6.20. The largest absolute Gasteiger partial charge is 0.309 e. The van der Waals surface area contributed by atoms with Crippen molar-refractivity contribution in [3.8, 4) is 0 Å². The van der Waals surface area contributed by atoms with Gasteiger partial charge in [0.05, 0.1) is 0 Å². The van der Waals surface area contributed by atoms with Crippen LogP contribution in [0.5, 0.6) is 0 Å². The predicted molar refractivity (Wildman–Crippen MR) is 229 cm³/mol. The van der Waals surface area contributed by atoms with Crippen LogP contribution in [-0.4, -0.2) is 8.07 Å². The average Bonchev–Trinajstić information content (AvgIpc) is 3.26. The molecule has 0 aliphatic heterocycles. The number of benzene rings is 7. The summed E-state index contributed by atoms with van der Waals surface area (Å²) in [6.45, 7) is 0. The highest BCUT2D eigenvalue weighted by Crippen LogP contribution is 2.43. The molecule has 0 spiro atoms. The smallest absolute Gasteiger partial charge is 0.175 e. The fraction of sp³-hybridized carbons (Fsp3) is 0.0417. The molecule has 5 heteroatoms. The highest BCUT2D eigenvalue weighted by atomic mass is 31.2. The van der Waals surface area contributed by atoms with Crippen molar-refractivity contribution in [1.82, 2.24) is 0 Å². The average molecular weight is 739 g/mol. The van der Waals surface area contributed by atoms with Crippen LogP contribution < -0.4 is 47.4 Å². The van der Waals surface area contributed by atoms with Crippen LogP contribution in [0.4, 0.5) is 0 Å². The van der Waals surface area contributed by atoms with Crippen molar-refractivity contribution in [1.29, 1.82) is 0 Å². The summed E-state index contributed by atoms with van der Waals surface area (Å²) in [5.41, 5.74) is 0. The summed E-state index contributed by atoms with van der Waals surface area (Å²) in [7, 11) is -9.17. The summed E-state index contributed by atoms with van der Waals surface area (Å²) in [6, 6.07) is 67.7. The molecule has 0 saturated carbocycles. The number of allylic oxidation sites excluding steroid dienone is 4. The van der Waals surface area contributed by atoms with E-state index >= 15 is 9.13 Å². The molecular weight excluding hydrogens is 699 g/mol. The van der Waals surface area contributed by atoms with E-state index in [1.165, 1.54) is 20.8 Å². The van der Waals surface area contributed by atoms with Crippen molar-refractivity contribution in [3.05, 3.63) is 224 Å². The Labute approximate surface area is 314 Å². The molecule has 2 nitrogen and oxygen atoms in total. The van der Waals surface area contributed by atoms with Crippen LogP contribution in [0.3, 0.4) is 0 Å². The van der Waals surface area contributed by atoms with Crippen molar-refractivity contribution in [2.45, 2.75) is 12.8 Å². The van der Waals surface area contributed by atoms with Gasteiger partial charge in [-0.3, -0.25) is 0 Å². The molecule has 0 aromatic heterocycles. The molecule has 0 amide bonds. The van der Waals surface area contributed by atoms with Gasteiger partial charge >= 0.3 is 0 Å². The minimum atomic E-state index is -3.15. The topological polar surface area (TPSA) is 34.1 Å². The molecule has 0 radical (unpaired) electrons. The van der Waals surface area contributed by atoms with Gasteiger partial charge in [0, 0.05) is 31.8 Å². The zero-order chi connectivity index (χ0) is 36.1. The second-order valence-corrected chi connectivity index (χ2v) is 22.8. The summed E-state index contributed by atoms with van der Waals surface area (Å²) in [5, 5.41) is 10.1. The fourth-order valence-electron chi connectivity index (χ4n) is 7.95. The lowest BCUT2D eigenvalue weighted by Crippen LogP contribution is -2.69. The number of hydrogen-bond donors (Lipinski definition) is 0. The third-order valence-corrected chi connectivity index (χ3v) is 21.6. The normalized spacial score (nSPS) is 13.3. The zero-order valence-electron chi connectivity index (χ0n) is 29.4. The van der Waals surface area contributed by atoms with Crippen LogP contribution in [0.25, 0.3) is 0 Å². The zero-order valence-corrected chi connectivity index (χ0v) is 32.2. The van der Waals surface area contributed by atoms with E-state index in [4.69, 9.17) is 0 Å². The molecule has 0 N–H and O–H groups in total. The van der Waals surface area contributed by atoms with Gasteiger partial charge in [-0.15, -0.1) is 0 Å². The first-order valence-electron chi connectivity index (χ1n) is 18.1. The standard InChI is InChI=1S/C48H40O2P2Si/c49-51(39-19-7-1-8-20-39,40-21-9-2-10-22-40)43-31-35-47(36-32-43)53(45-27-15-5-16-28-45,46-29-17-6-18-30-46)48-37-33-44(34-38-48)52(50,41-23-11-3-12-24-41)42-25-13-4-14-26-42/h1-17,19-29,31-38H,18,30H2. The Morgan fingerprint density at radius 1 is 0.358 bits per heavy atom. The molecule has 53 heavy (non-hydrogen) atoms. The Kier molecular flexibility index (Phi) is 9.82. The monoisotopic (exact) mass is 738 g/mol. The van der Waals surface area contributed by atoms with Crippen LogP contribution in [0.1, 0.15) is 12.8 Å². The van der Waals surface area contributed by atoms with E-state index in [2.05, 4.69) is 97.1 Å². The van der Waals surface area contributed by atoms with Crippen molar-refractivity contribution in [2.75, 3.05) is 0 Å². The SMILES string of the molecule is O=P(c1ccccc1)(c1ccccc1)c1ccc([Si](C2=CC=CCC2)(c2ccccc2)c2ccc(P(=O)(c3ccccc3)c3ccccc3)cc2)cc1. The quantitative estimate of drug-likeness (QED) is 0.0843. The van der Waals surface area contributed by atoms with Crippen LogP contribution in [-0.2, 0) is 9.13 Å². The highest BCUT2D eigenvalue weighted by molar-refractivity contribution is 7.85. The van der Waals surface area contributed by atoms with Crippen LogP contribution in [0.15, 0.2) is 224 Å². The lowest BCUT2D eigenvalue weighted by molar-refractivity contribution is 0.591. The molecule has 1 aliphatic rings. The van der Waals surface area contributed by atoms with Gasteiger partial charge in [0.1, 0.15) is 0 Å². The fourth-order valence-corrected chi connectivity index (χ4v) is 18.2. The Hall–Kier alpha value is -5.30. The van der Waals surface area contributed by atoms with Crippen molar-refractivity contribution >= 4 is 69.7 Å². The van der Waals surface area contributed by atoms with E-state index in [-0.39, 0.29) is 0 Å². The molecule has 0 atom stereocenters. The van der Waals surface area contributed by atoms with Gasteiger partial charge in [-0.05, 0) is 28.4 Å². The highest BCUT2D eigenvalue weighted by Gasteiger charge is 2.44. The Bertz CT molecular complexity index is 2240. The molecule has 8 rings (SSSR count). The van der Waals surface area contributed by atoms with Gasteiger partial charge in [0.25, 0.3) is 0 Å². The molecule has 7 aromatic carbocycles. The first-order chi connectivity index (χ1) is 26.1. The third-order valence-electron chi connectivity index (χ3n) is 10.5. The van der Waals surface area contributed by atoms with Crippen LogP contribution >= 0.6 is 14.3 Å². The van der Waals surface area contributed by atoms with Crippen molar-refractivity contribution in [3.63, 3.8) is 0 Å². The molecule has 0 unspecified atom stereocenters. The minimum absolute atomic E-state index is 0.814. The molecule has 7 aromatic rings. The molecule has 0 bridgehead atoms. The Balaban J connectivity index is 1.33. The Morgan fingerprint density at radius 3 is 0.981 bits per heavy atom. The molecule has 0 saturated heterocycles. The Morgan fingerprint density at radius 2 is 0.660 bits per heavy atom. The molecule has 0 fully saturated rings. The van der Waals surface area contributed by atoms with Crippen molar-refractivity contribution < 1.29 is 9.13 Å². The maximum Gasteiger partial charge on any atom is 0.175 e. The lowest BCUT2D eigenvalue weighted by Gasteiger charge is -2.37.